The van der Waals surface area contributed by atoms with Crippen molar-refractivity contribution in [2.75, 3.05) is 11.9 Å². The molecule has 0 fully saturated rings. The largest absolute Gasteiger partial charge is 0.422 e. The molecular weight excluding hydrogens is 394 g/mol. The molecule has 1 aromatic carbocycles. The Labute approximate surface area is 168 Å². The molecule has 3 amide bonds. The number of carbonyl (C=O) groups excluding carboxylic acids is 3. The van der Waals surface area contributed by atoms with Crippen LogP contribution < -0.4 is 16.7 Å². The molecule has 148 valence electrons. The van der Waals surface area contributed by atoms with Crippen molar-refractivity contribution in [3.63, 3.8) is 0 Å². The summed E-state index contributed by atoms with van der Waals surface area (Å²) in [5.74, 6) is -1.42. The van der Waals surface area contributed by atoms with Gasteiger partial charge in [0.1, 0.15) is 16.1 Å². The van der Waals surface area contributed by atoms with Gasteiger partial charge in [0.15, 0.2) is 0 Å². The van der Waals surface area contributed by atoms with Gasteiger partial charge in [-0.25, -0.2) is 4.79 Å². The van der Waals surface area contributed by atoms with Crippen LogP contribution in [0, 0.1) is 0 Å². The summed E-state index contributed by atoms with van der Waals surface area (Å²) in [4.78, 5) is 51.2. The van der Waals surface area contributed by atoms with Crippen LogP contribution in [0.25, 0.3) is 11.0 Å². The number of fused-ring (bicyclic) bond motifs is 2. The van der Waals surface area contributed by atoms with Crippen LogP contribution in [0.4, 0.5) is 5.00 Å². The van der Waals surface area contributed by atoms with E-state index in [1.54, 1.807) is 29.2 Å². The smallest absolute Gasteiger partial charge is 0.349 e. The molecule has 0 spiro atoms. The minimum Gasteiger partial charge on any atom is -0.422 e. The van der Waals surface area contributed by atoms with E-state index in [2.05, 4.69) is 5.32 Å². The van der Waals surface area contributed by atoms with Crippen molar-refractivity contribution in [1.29, 1.82) is 0 Å². The second-order valence-corrected chi connectivity index (χ2v) is 7.81. The van der Waals surface area contributed by atoms with Crippen LogP contribution in [0.1, 0.15) is 38.1 Å². The predicted molar refractivity (Wildman–Crippen MR) is 108 cm³/mol. The maximum absolute atomic E-state index is 12.8. The first kappa shape index (κ1) is 18.9. The fourth-order valence-electron chi connectivity index (χ4n) is 3.41. The average molecular weight is 411 g/mol. The average Bonchev–Trinajstić information content (AvgIpc) is 3.04. The van der Waals surface area contributed by atoms with Crippen molar-refractivity contribution in [2.24, 2.45) is 5.73 Å². The highest BCUT2D eigenvalue weighted by Gasteiger charge is 2.29. The number of hydrogen-bond donors (Lipinski definition) is 2. The molecule has 8 nitrogen and oxygen atoms in total. The molecule has 9 heteroatoms. The fourth-order valence-corrected chi connectivity index (χ4v) is 4.68. The van der Waals surface area contributed by atoms with Crippen LogP contribution in [0.2, 0.25) is 0 Å². The third-order valence-electron chi connectivity index (χ3n) is 4.86. The van der Waals surface area contributed by atoms with E-state index in [9.17, 15) is 19.2 Å². The number of rotatable bonds is 3. The van der Waals surface area contributed by atoms with Crippen LogP contribution in [-0.4, -0.2) is 29.2 Å². The Kier molecular flexibility index (Phi) is 4.67. The summed E-state index contributed by atoms with van der Waals surface area (Å²) >= 11 is 1.18. The number of primary amides is 1. The lowest BCUT2D eigenvalue weighted by Crippen LogP contribution is -2.34. The number of amides is 3. The minimum absolute atomic E-state index is 0.0657. The topological polar surface area (TPSA) is 123 Å². The van der Waals surface area contributed by atoms with Crippen LogP contribution in [0.5, 0.6) is 0 Å². The first-order chi connectivity index (χ1) is 13.8. The molecule has 0 aliphatic carbocycles. The second kappa shape index (κ2) is 7.17. The maximum atomic E-state index is 12.8. The number of hydrogen-bond acceptors (Lipinski definition) is 6. The summed E-state index contributed by atoms with van der Waals surface area (Å²) in [6.07, 6.45) is 0.470. The van der Waals surface area contributed by atoms with Crippen molar-refractivity contribution < 1.29 is 18.8 Å². The SMILES string of the molecule is CC(=O)N1CCc2c(sc(NC(=O)c3cc4ccccc4oc3=O)c2C(N)=O)C1. The lowest BCUT2D eigenvalue weighted by atomic mass is 10.0. The molecule has 3 heterocycles. The molecule has 0 saturated heterocycles. The zero-order valence-electron chi connectivity index (χ0n) is 15.5. The van der Waals surface area contributed by atoms with Crippen molar-refractivity contribution in [1.82, 2.24) is 4.90 Å². The summed E-state index contributed by atoms with van der Waals surface area (Å²) in [6, 6.07) is 8.31. The third-order valence-corrected chi connectivity index (χ3v) is 5.99. The molecule has 0 bridgehead atoms. The third kappa shape index (κ3) is 3.40. The Balaban J connectivity index is 1.70. The number of benzene rings is 1. The van der Waals surface area contributed by atoms with Gasteiger partial charge in [-0.15, -0.1) is 11.3 Å². The van der Waals surface area contributed by atoms with Crippen LogP contribution in [0.15, 0.2) is 39.5 Å². The monoisotopic (exact) mass is 411 g/mol. The molecule has 3 aromatic rings. The number of thiophene rings is 1. The Morgan fingerprint density at radius 1 is 1.24 bits per heavy atom. The number of nitrogens with zero attached hydrogens (tertiary/aromatic N) is 1. The number of carbonyl (C=O) groups is 3. The molecule has 0 atom stereocenters. The highest BCUT2D eigenvalue weighted by atomic mass is 32.1. The second-order valence-electron chi connectivity index (χ2n) is 6.70. The Morgan fingerprint density at radius 3 is 2.72 bits per heavy atom. The van der Waals surface area contributed by atoms with E-state index in [0.29, 0.717) is 30.5 Å². The summed E-state index contributed by atoms with van der Waals surface area (Å²) in [5.41, 5.74) is 5.95. The van der Waals surface area contributed by atoms with Gasteiger partial charge in [-0.05, 0) is 24.1 Å². The molecule has 4 rings (SSSR count). The van der Waals surface area contributed by atoms with Gasteiger partial charge in [-0.2, -0.15) is 0 Å². The minimum atomic E-state index is -0.772. The Bertz CT molecular complexity index is 1230. The van der Waals surface area contributed by atoms with Crippen molar-refractivity contribution >= 4 is 45.0 Å². The lowest BCUT2D eigenvalue weighted by Gasteiger charge is -2.25. The van der Waals surface area contributed by atoms with E-state index in [1.165, 1.54) is 24.3 Å². The molecule has 0 saturated carbocycles. The summed E-state index contributed by atoms with van der Waals surface area (Å²) in [6.45, 7) is 2.31. The predicted octanol–water partition coefficient (Wildman–Crippen LogP) is 2.11. The molecule has 1 aliphatic heterocycles. The fraction of sp³-hybridized carbons (Fsp3) is 0.200. The summed E-state index contributed by atoms with van der Waals surface area (Å²) in [5, 5.41) is 3.51. The van der Waals surface area contributed by atoms with Crippen LogP contribution in [-0.2, 0) is 17.8 Å². The standard InChI is InChI=1S/C20H17N3O5S/c1-10(24)23-7-6-12-15(9-23)29-19(16(12)17(21)25)22-18(26)13-8-11-4-2-3-5-14(11)28-20(13)27/h2-5,8H,6-7,9H2,1H3,(H2,21,25)(H,22,26). The Morgan fingerprint density at radius 2 is 2.00 bits per heavy atom. The molecule has 1 aliphatic rings. The van der Waals surface area contributed by atoms with Gasteiger partial charge in [0.2, 0.25) is 5.91 Å². The van der Waals surface area contributed by atoms with E-state index < -0.39 is 17.4 Å². The van der Waals surface area contributed by atoms with Gasteiger partial charge >= 0.3 is 5.63 Å². The van der Waals surface area contributed by atoms with E-state index in [0.717, 1.165) is 10.4 Å². The number of para-hydroxylation sites is 1. The molecule has 0 unspecified atom stereocenters. The van der Waals surface area contributed by atoms with Crippen LogP contribution >= 0.6 is 11.3 Å². The summed E-state index contributed by atoms with van der Waals surface area (Å²) in [7, 11) is 0. The van der Waals surface area contributed by atoms with Crippen molar-refractivity contribution in [3.05, 3.63) is 62.3 Å². The molecule has 29 heavy (non-hydrogen) atoms. The first-order valence-corrected chi connectivity index (χ1v) is 9.71. The quantitative estimate of drug-likeness (QED) is 0.639. The van der Waals surface area contributed by atoms with Crippen molar-refractivity contribution in [2.45, 2.75) is 19.9 Å². The zero-order chi connectivity index (χ0) is 20.7. The normalized spacial score (nSPS) is 13.2. The Hall–Kier alpha value is -3.46. The molecule has 0 radical (unpaired) electrons. The van der Waals surface area contributed by atoms with Gasteiger partial charge in [-0.3, -0.25) is 14.4 Å². The maximum Gasteiger partial charge on any atom is 0.349 e. The van der Waals surface area contributed by atoms with E-state index in [4.69, 9.17) is 10.2 Å². The van der Waals surface area contributed by atoms with Gasteiger partial charge in [0.25, 0.3) is 11.8 Å². The lowest BCUT2D eigenvalue weighted by molar-refractivity contribution is -0.129. The highest BCUT2D eigenvalue weighted by Crippen LogP contribution is 2.37. The van der Waals surface area contributed by atoms with E-state index in [-0.39, 0.29) is 22.0 Å². The molecule has 2 aromatic heterocycles. The van der Waals surface area contributed by atoms with Gasteiger partial charge < -0.3 is 20.4 Å². The zero-order valence-corrected chi connectivity index (χ0v) is 16.3. The number of nitrogens with one attached hydrogen (secondary N) is 1. The molecular formula is C20H17N3O5S. The summed E-state index contributed by atoms with van der Waals surface area (Å²) < 4.78 is 5.20. The van der Waals surface area contributed by atoms with Gasteiger partial charge in [0, 0.05) is 23.7 Å². The molecule has 3 N–H and O–H groups in total. The highest BCUT2D eigenvalue weighted by molar-refractivity contribution is 7.17. The van der Waals surface area contributed by atoms with E-state index >= 15 is 0 Å². The van der Waals surface area contributed by atoms with E-state index in [1.807, 2.05) is 0 Å². The van der Waals surface area contributed by atoms with Gasteiger partial charge in [-0.1, -0.05) is 18.2 Å². The van der Waals surface area contributed by atoms with Crippen molar-refractivity contribution in [3.8, 4) is 0 Å². The van der Waals surface area contributed by atoms with Crippen LogP contribution in [0.3, 0.4) is 0 Å². The number of nitrogens with two attached hydrogens (primary N) is 1. The van der Waals surface area contributed by atoms with Gasteiger partial charge in [0.05, 0.1) is 12.1 Å². The number of anilines is 1. The first-order valence-electron chi connectivity index (χ1n) is 8.89.